The van der Waals surface area contributed by atoms with Gasteiger partial charge >= 0.3 is 0 Å². The average Bonchev–Trinajstić information content (AvgIpc) is 2.66. The van der Waals surface area contributed by atoms with Gasteiger partial charge in [-0.05, 0) is 47.3 Å². The molecule has 1 aliphatic heterocycles. The van der Waals surface area contributed by atoms with Crippen LogP contribution < -0.4 is 0 Å². The Morgan fingerprint density at radius 2 is 2.16 bits per heavy atom. The van der Waals surface area contributed by atoms with E-state index in [1.165, 1.54) is 12.8 Å². The van der Waals surface area contributed by atoms with E-state index in [1.54, 1.807) is 0 Å². The average molecular weight is 389 g/mol. The van der Waals surface area contributed by atoms with Gasteiger partial charge in [0.15, 0.2) is 0 Å². The summed E-state index contributed by atoms with van der Waals surface area (Å²) in [7, 11) is 0. The van der Waals surface area contributed by atoms with Gasteiger partial charge in [0.2, 0.25) is 0 Å². The Bertz CT molecular complexity index is 461. The molecule has 0 spiro atoms. The molecule has 0 radical (unpaired) electrons. The highest BCUT2D eigenvalue weighted by atomic mass is 79.9. The van der Waals surface area contributed by atoms with Crippen LogP contribution in [-0.2, 0) is 0 Å². The zero-order valence-electron chi connectivity index (χ0n) is 11.2. The van der Waals surface area contributed by atoms with Crippen LogP contribution in [0.2, 0.25) is 0 Å². The third-order valence-corrected chi connectivity index (χ3v) is 5.54. The van der Waals surface area contributed by atoms with Crippen molar-refractivity contribution < 1.29 is 4.79 Å². The molecule has 19 heavy (non-hydrogen) atoms. The standard InChI is InChI=1S/C15H19Br2NO/c1-11-6-5-8-13(14(11)17)15(19)18-9-4-2-3-7-12(18)10-16/h5-6,8,12H,2-4,7,9-10H2,1H3. The van der Waals surface area contributed by atoms with Crippen LogP contribution in [0.1, 0.15) is 41.6 Å². The number of carbonyl (C=O) groups excluding carboxylic acids is 1. The number of alkyl halides is 1. The molecule has 1 saturated heterocycles. The molecule has 4 heteroatoms. The lowest BCUT2D eigenvalue weighted by atomic mass is 10.1. The number of amides is 1. The summed E-state index contributed by atoms with van der Waals surface area (Å²) in [5.41, 5.74) is 1.89. The highest BCUT2D eigenvalue weighted by Gasteiger charge is 2.26. The van der Waals surface area contributed by atoms with Crippen LogP contribution in [0.5, 0.6) is 0 Å². The molecule has 0 aromatic heterocycles. The highest BCUT2D eigenvalue weighted by Crippen LogP contribution is 2.26. The first-order valence-corrected chi connectivity index (χ1v) is 8.68. The van der Waals surface area contributed by atoms with E-state index in [9.17, 15) is 4.79 Å². The number of halogens is 2. The summed E-state index contributed by atoms with van der Waals surface area (Å²) >= 11 is 7.10. The molecule has 1 atom stereocenters. The number of benzene rings is 1. The molecule has 1 aromatic carbocycles. The Morgan fingerprint density at radius 3 is 2.89 bits per heavy atom. The van der Waals surface area contributed by atoms with Gasteiger partial charge in [0, 0.05) is 22.4 Å². The van der Waals surface area contributed by atoms with Crippen molar-refractivity contribution in [2.45, 2.75) is 38.6 Å². The molecule has 0 N–H and O–H groups in total. The van der Waals surface area contributed by atoms with E-state index in [1.807, 2.05) is 30.0 Å². The number of hydrogen-bond acceptors (Lipinski definition) is 1. The van der Waals surface area contributed by atoms with Crippen molar-refractivity contribution in [2.24, 2.45) is 0 Å². The van der Waals surface area contributed by atoms with Gasteiger partial charge in [-0.1, -0.05) is 40.9 Å². The lowest BCUT2D eigenvalue weighted by Gasteiger charge is -2.29. The molecule has 0 saturated carbocycles. The van der Waals surface area contributed by atoms with Crippen molar-refractivity contribution >= 4 is 37.8 Å². The van der Waals surface area contributed by atoms with E-state index < -0.39 is 0 Å². The Labute approximate surface area is 131 Å². The van der Waals surface area contributed by atoms with Crippen molar-refractivity contribution in [3.63, 3.8) is 0 Å². The molecular weight excluding hydrogens is 370 g/mol. The number of aryl methyl sites for hydroxylation is 1. The maximum atomic E-state index is 12.8. The Morgan fingerprint density at radius 1 is 1.37 bits per heavy atom. The lowest BCUT2D eigenvalue weighted by molar-refractivity contribution is 0.0701. The van der Waals surface area contributed by atoms with Crippen molar-refractivity contribution in [3.8, 4) is 0 Å². The van der Waals surface area contributed by atoms with Gasteiger partial charge in [-0.15, -0.1) is 0 Å². The molecule has 1 unspecified atom stereocenters. The van der Waals surface area contributed by atoms with Crippen LogP contribution in [0.4, 0.5) is 0 Å². The molecule has 1 fully saturated rings. The van der Waals surface area contributed by atoms with Crippen molar-refractivity contribution in [1.29, 1.82) is 0 Å². The number of carbonyl (C=O) groups is 1. The number of likely N-dealkylation sites (tertiary alicyclic amines) is 1. The molecule has 104 valence electrons. The zero-order valence-corrected chi connectivity index (χ0v) is 14.3. The molecule has 2 nitrogen and oxygen atoms in total. The molecule has 0 bridgehead atoms. The van der Waals surface area contributed by atoms with Gasteiger partial charge in [0.25, 0.3) is 5.91 Å². The number of nitrogens with zero attached hydrogens (tertiary/aromatic N) is 1. The van der Waals surface area contributed by atoms with E-state index in [4.69, 9.17) is 0 Å². The van der Waals surface area contributed by atoms with E-state index in [0.717, 1.165) is 40.3 Å². The minimum absolute atomic E-state index is 0.155. The molecule has 1 aromatic rings. The van der Waals surface area contributed by atoms with Crippen LogP contribution in [0, 0.1) is 6.92 Å². The summed E-state index contributed by atoms with van der Waals surface area (Å²) in [6.07, 6.45) is 4.65. The molecule has 2 rings (SSSR count). The Kier molecular flexibility index (Phi) is 5.46. The Balaban J connectivity index is 2.28. The summed E-state index contributed by atoms with van der Waals surface area (Å²) in [5, 5.41) is 0.863. The van der Waals surface area contributed by atoms with Crippen LogP contribution >= 0.6 is 31.9 Å². The van der Waals surface area contributed by atoms with E-state index in [-0.39, 0.29) is 5.91 Å². The lowest BCUT2D eigenvalue weighted by Crippen LogP contribution is -2.41. The normalized spacial score (nSPS) is 20.2. The monoisotopic (exact) mass is 387 g/mol. The van der Waals surface area contributed by atoms with Crippen LogP contribution in [0.15, 0.2) is 22.7 Å². The molecule has 1 aliphatic rings. The van der Waals surface area contributed by atoms with Crippen LogP contribution in [-0.4, -0.2) is 28.7 Å². The molecular formula is C15H19Br2NO. The van der Waals surface area contributed by atoms with E-state index in [2.05, 4.69) is 31.9 Å². The highest BCUT2D eigenvalue weighted by molar-refractivity contribution is 9.10. The van der Waals surface area contributed by atoms with Crippen LogP contribution in [0.3, 0.4) is 0 Å². The van der Waals surface area contributed by atoms with Crippen molar-refractivity contribution in [2.75, 3.05) is 11.9 Å². The Hall–Kier alpha value is -0.350. The van der Waals surface area contributed by atoms with Gasteiger partial charge in [-0.3, -0.25) is 4.79 Å². The maximum Gasteiger partial charge on any atom is 0.255 e. The first-order chi connectivity index (χ1) is 9.15. The summed E-state index contributed by atoms with van der Waals surface area (Å²) in [4.78, 5) is 14.8. The fourth-order valence-corrected chi connectivity index (χ4v) is 3.68. The third kappa shape index (κ3) is 3.40. The molecule has 1 amide bonds. The molecule has 0 aliphatic carbocycles. The topological polar surface area (TPSA) is 20.3 Å². The first-order valence-electron chi connectivity index (χ1n) is 6.77. The summed E-state index contributed by atoms with van der Waals surface area (Å²) in [6, 6.07) is 6.21. The minimum Gasteiger partial charge on any atom is -0.335 e. The SMILES string of the molecule is Cc1cccc(C(=O)N2CCCCCC2CBr)c1Br. The molecule has 1 heterocycles. The maximum absolute atomic E-state index is 12.8. The smallest absolute Gasteiger partial charge is 0.255 e. The van der Waals surface area contributed by atoms with Crippen molar-refractivity contribution in [1.82, 2.24) is 4.90 Å². The fraction of sp³-hybridized carbons (Fsp3) is 0.533. The third-order valence-electron chi connectivity index (χ3n) is 3.74. The van der Waals surface area contributed by atoms with Crippen molar-refractivity contribution in [3.05, 3.63) is 33.8 Å². The second-order valence-electron chi connectivity index (χ2n) is 5.09. The second kappa shape index (κ2) is 6.89. The number of hydrogen-bond donors (Lipinski definition) is 0. The van der Waals surface area contributed by atoms with Gasteiger partial charge in [-0.2, -0.15) is 0 Å². The first kappa shape index (κ1) is 15.0. The minimum atomic E-state index is 0.155. The van der Waals surface area contributed by atoms with Crippen LogP contribution in [0.25, 0.3) is 0 Å². The van der Waals surface area contributed by atoms with E-state index in [0.29, 0.717) is 6.04 Å². The van der Waals surface area contributed by atoms with E-state index >= 15 is 0 Å². The van der Waals surface area contributed by atoms with Gasteiger partial charge in [0.05, 0.1) is 5.56 Å². The van der Waals surface area contributed by atoms with Gasteiger partial charge in [-0.25, -0.2) is 0 Å². The predicted molar refractivity (Wildman–Crippen MR) is 86.0 cm³/mol. The quantitative estimate of drug-likeness (QED) is 0.681. The summed E-state index contributed by atoms with van der Waals surface area (Å²) < 4.78 is 0.928. The zero-order chi connectivity index (χ0) is 13.8. The largest absolute Gasteiger partial charge is 0.335 e. The second-order valence-corrected chi connectivity index (χ2v) is 6.53. The summed E-state index contributed by atoms with van der Waals surface area (Å²) in [5.74, 6) is 0.155. The van der Waals surface area contributed by atoms with Gasteiger partial charge in [0.1, 0.15) is 0 Å². The fourth-order valence-electron chi connectivity index (χ4n) is 2.57. The van der Waals surface area contributed by atoms with Gasteiger partial charge < -0.3 is 4.90 Å². The number of rotatable bonds is 2. The summed E-state index contributed by atoms with van der Waals surface area (Å²) in [6.45, 7) is 2.89. The predicted octanol–water partition coefficient (Wildman–Crippen LogP) is 4.54.